The van der Waals surface area contributed by atoms with Gasteiger partial charge >= 0.3 is 0 Å². The van der Waals surface area contributed by atoms with Crippen molar-refractivity contribution in [1.82, 2.24) is 14.9 Å². The summed E-state index contributed by atoms with van der Waals surface area (Å²) in [5, 5.41) is 3.00. The van der Waals surface area contributed by atoms with E-state index in [9.17, 15) is 4.79 Å². The van der Waals surface area contributed by atoms with Gasteiger partial charge in [0.15, 0.2) is 0 Å². The molecule has 0 bridgehead atoms. The number of rotatable bonds is 9. The molecule has 1 N–H and O–H groups in total. The molecule has 1 amide bonds. The van der Waals surface area contributed by atoms with E-state index >= 15 is 0 Å². The fourth-order valence-electron chi connectivity index (χ4n) is 4.04. The maximum absolute atomic E-state index is 12.4. The van der Waals surface area contributed by atoms with Gasteiger partial charge in [0.2, 0.25) is 0 Å². The van der Waals surface area contributed by atoms with Crippen LogP contribution in [-0.2, 0) is 13.0 Å². The number of imidazole rings is 1. The second-order valence-electron chi connectivity index (χ2n) is 8.58. The lowest BCUT2D eigenvalue weighted by molar-refractivity contribution is 0.0954. The van der Waals surface area contributed by atoms with E-state index in [0.717, 1.165) is 22.6 Å². The second-order valence-corrected chi connectivity index (χ2v) is 8.58. The number of amides is 1. The van der Waals surface area contributed by atoms with Crippen molar-refractivity contribution in [3.63, 3.8) is 0 Å². The normalized spacial score (nSPS) is 11.2. The summed E-state index contributed by atoms with van der Waals surface area (Å²) in [6.07, 6.45) is 0.648. The van der Waals surface area contributed by atoms with Crippen LogP contribution < -0.4 is 10.1 Å². The van der Waals surface area contributed by atoms with Crippen molar-refractivity contribution >= 4 is 16.9 Å². The van der Waals surface area contributed by atoms with Gasteiger partial charge < -0.3 is 14.6 Å². The average molecular weight is 442 g/mol. The monoisotopic (exact) mass is 441 g/mol. The fourth-order valence-corrected chi connectivity index (χ4v) is 4.04. The minimum Gasteiger partial charge on any atom is -0.491 e. The van der Waals surface area contributed by atoms with Crippen molar-refractivity contribution in [2.45, 2.75) is 39.7 Å². The third kappa shape index (κ3) is 5.43. The Morgan fingerprint density at radius 2 is 1.79 bits per heavy atom. The van der Waals surface area contributed by atoms with Gasteiger partial charge in [-0.2, -0.15) is 0 Å². The number of carbonyl (C=O) groups excluding carboxylic acids is 1. The van der Waals surface area contributed by atoms with Gasteiger partial charge in [-0.3, -0.25) is 4.79 Å². The number of hydrogen-bond acceptors (Lipinski definition) is 3. The number of benzene rings is 3. The molecule has 5 heteroatoms. The summed E-state index contributed by atoms with van der Waals surface area (Å²) in [4.78, 5) is 17.2. The van der Waals surface area contributed by atoms with E-state index < -0.39 is 0 Å². The molecular formula is C28H31N3O2. The quantitative estimate of drug-likeness (QED) is 0.372. The summed E-state index contributed by atoms with van der Waals surface area (Å²) in [5.41, 5.74) is 5.12. The van der Waals surface area contributed by atoms with Crippen LogP contribution >= 0.6 is 0 Å². The van der Waals surface area contributed by atoms with E-state index in [1.807, 2.05) is 48.5 Å². The summed E-state index contributed by atoms with van der Waals surface area (Å²) >= 11 is 0. The highest BCUT2D eigenvalue weighted by molar-refractivity contribution is 5.94. The van der Waals surface area contributed by atoms with Gasteiger partial charge in [0.05, 0.1) is 17.6 Å². The number of aryl methyl sites for hydroxylation is 1. The van der Waals surface area contributed by atoms with Crippen LogP contribution in [0.3, 0.4) is 0 Å². The largest absolute Gasteiger partial charge is 0.491 e. The van der Waals surface area contributed by atoms with Crippen molar-refractivity contribution in [3.05, 3.63) is 95.3 Å². The van der Waals surface area contributed by atoms with Gasteiger partial charge in [0.25, 0.3) is 5.91 Å². The molecule has 0 fully saturated rings. The Hall–Kier alpha value is -3.60. The first-order chi connectivity index (χ1) is 16.0. The topological polar surface area (TPSA) is 56.1 Å². The van der Waals surface area contributed by atoms with E-state index in [-0.39, 0.29) is 5.91 Å². The van der Waals surface area contributed by atoms with Crippen LogP contribution in [0.4, 0.5) is 0 Å². The van der Waals surface area contributed by atoms with Gasteiger partial charge in [-0.05, 0) is 54.3 Å². The zero-order valence-corrected chi connectivity index (χ0v) is 19.5. The highest BCUT2D eigenvalue weighted by Crippen LogP contribution is 2.27. The van der Waals surface area contributed by atoms with Crippen LogP contribution in [0.15, 0.2) is 72.8 Å². The lowest BCUT2D eigenvalue weighted by Gasteiger charge is -2.16. The van der Waals surface area contributed by atoms with Crippen LogP contribution in [0.25, 0.3) is 11.0 Å². The van der Waals surface area contributed by atoms with Crippen molar-refractivity contribution < 1.29 is 9.53 Å². The van der Waals surface area contributed by atoms with Gasteiger partial charge in [-0.1, -0.05) is 56.3 Å². The molecule has 1 heterocycles. The molecule has 5 nitrogen and oxygen atoms in total. The molecule has 3 aromatic carbocycles. The molecule has 170 valence electrons. The molecule has 4 rings (SSSR count). The third-order valence-corrected chi connectivity index (χ3v) is 5.77. The predicted molar refractivity (Wildman–Crippen MR) is 133 cm³/mol. The average Bonchev–Trinajstić information content (AvgIpc) is 3.17. The Morgan fingerprint density at radius 3 is 2.58 bits per heavy atom. The first-order valence-corrected chi connectivity index (χ1v) is 11.5. The van der Waals surface area contributed by atoms with Crippen LogP contribution in [0.1, 0.15) is 47.1 Å². The third-order valence-electron chi connectivity index (χ3n) is 5.77. The van der Waals surface area contributed by atoms with Gasteiger partial charge in [0.1, 0.15) is 18.2 Å². The molecule has 33 heavy (non-hydrogen) atoms. The minimum atomic E-state index is -0.0674. The van der Waals surface area contributed by atoms with Gasteiger partial charge in [-0.25, -0.2) is 4.98 Å². The zero-order chi connectivity index (χ0) is 23.2. The number of ether oxygens (including phenoxy) is 1. The van der Waals surface area contributed by atoms with Crippen molar-refractivity contribution in [3.8, 4) is 5.75 Å². The lowest BCUT2D eigenvalue weighted by atomic mass is 10.0. The molecular weight excluding hydrogens is 410 g/mol. The van der Waals surface area contributed by atoms with E-state index in [2.05, 4.69) is 54.9 Å². The first-order valence-electron chi connectivity index (χ1n) is 11.5. The molecule has 0 radical (unpaired) electrons. The Morgan fingerprint density at radius 1 is 1.03 bits per heavy atom. The van der Waals surface area contributed by atoms with Crippen molar-refractivity contribution in [2.75, 3.05) is 13.2 Å². The zero-order valence-electron chi connectivity index (χ0n) is 19.5. The SMILES string of the molecule is Cc1ccc(C(C)C)c(OCCn2c(CCNC(=O)c3ccccc3)nc3ccccc32)c1. The Bertz CT molecular complexity index is 1230. The predicted octanol–water partition coefficient (Wildman–Crippen LogP) is 5.52. The molecule has 0 saturated carbocycles. The highest BCUT2D eigenvalue weighted by atomic mass is 16.5. The molecule has 0 aliphatic rings. The number of fused-ring (bicyclic) bond motifs is 1. The summed E-state index contributed by atoms with van der Waals surface area (Å²) in [5.74, 6) is 2.23. The van der Waals surface area contributed by atoms with Crippen LogP contribution in [0.5, 0.6) is 5.75 Å². The Balaban J connectivity index is 1.45. The smallest absolute Gasteiger partial charge is 0.251 e. The number of aromatic nitrogens is 2. The molecule has 0 spiro atoms. The standard InChI is InChI=1S/C28H31N3O2/c1-20(2)23-14-13-21(3)19-26(23)33-18-17-31-25-12-8-7-11-24(25)30-27(31)15-16-29-28(32)22-9-5-4-6-10-22/h4-14,19-20H,15-18H2,1-3H3,(H,29,32). The molecule has 0 unspecified atom stereocenters. The summed E-state index contributed by atoms with van der Waals surface area (Å²) in [7, 11) is 0. The molecule has 1 aromatic heterocycles. The molecule has 0 aliphatic heterocycles. The summed E-state index contributed by atoms with van der Waals surface area (Å²) in [6.45, 7) is 8.21. The van der Waals surface area contributed by atoms with E-state index in [1.165, 1.54) is 11.1 Å². The van der Waals surface area contributed by atoms with Crippen molar-refractivity contribution in [2.24, 2.45) is 0 Å². The number of carbonyl (C=O) groups is 1. The molecule has 4 aromatic rings. The fraction of sp³-hybridized carbons (Fsp3) is 0.286. The first kappa shape index (κ1) is 22.6. The van der Waals surface area contributed by atoms with Crippen LogP contribution in [-0.4, -0.2) is 28.6 Å². The number of para-hydroxylation sites is 2. The van der Waals surface area contributed by atoms with E-state index in [1.54, 1.807) is 0 Å². The lowest BCUT2D eigenvalue weighted by Crippen LogP contribution is -2.26. The van der Waals surface area contributed by atoms with Gasteiger partial charge in [-0.15, -0.1) is 0 Å². The number of hydrogen-bond donors (Lipinski definition) is 1. The second kappa shape index (κ2) is 10.3. The number of nitrogens with one attached hydrogen (secondary N) is 1. The molecule has 0 atom stereocenters. The minimum absolute atomic E-state index is 0.0674. The van der Waals surface area contributed by atoms with E-state index in [0.29, 0.717) is 37.6 Å². The van der Waals surface area contributed by atoms with Crippen molar-refractivity contribution in [1.29, 1.82) is 0 Å². The number of nitrogens with zero attached hydrogens (tertiary/aromatic N) is 2. The molecule has 0 saturated heterocycles. The summed E-state index contributed by atoms with van der Waals surface area (Å²) in [6, 6.07) is 23.8. The maximum atomic E-state index is 12.4. The van der Waals surface area contributed by atoms with E-state index in [4.69, 9.17) is 9.72 Å². The van der Waals surface area contributed by atoms with Gasteiger partial charge in [0, 0.05) is 18.5 Å². The Labute approximate surface area is 195 Å². The maximum Gasteiger partial charge on any atom is 0.251 e. The molecule has 0 aliphatic carbocycles. The Kier molecular flexibility index (Phi) is 7.08. The summed E-state index contributed by atoms with van der Waals surface area (Å²) < 4.78 is 8.44. The van der Waals surface area contributed by atoms with Crippen LogP contribution in [0.2, 0.25) is 0 Å². The highest BCUT2D eigenvalue weighted by Gasteiger charge is 2.13. The van der Waals surface area contributed by atoms with Crippen LogP contribution in [0, 0.1) is 6.92 Å².